The molecular weight excluding hydrogens is 348 g/mol. The normalized spacial score (nSPS) is 14.5. The first kappa shape index (κ1) is 20.1. The number of methoxy groups -OCH3 is 1. The Balaban J connectivity index is 2.43. The summed E-state index contributed by atoms with van der Waals surface area (Å²) in [5.41, 5.74) is -3.78. The minimum absolute atomic E-state index is 0.189. The van der Waals surface area contributed by atoms with E-state index in [2.05, 4.69) is 12.1 Å². The van der Waals surface area contributed by atoms with E-state index in [4.69, 9.17) is 4.74 Å². The fourth-order valence-electron chi connectivity index (χ4n) is 3.10. The summed E-state index contributed by atoms with van der Waals surface area (Å²) in [5.74, 6) is -0.323. The van der Waals surface area contributed by atoms with Gasteiger partial charge in [0.1, 0.15) is 11.6 Å². The number of alkyl halides is 3. The van der Waals surface area contributed by atoms with Gasteiger partial charge in [0.15, 0.2) is 5.60 Å². The SMILES string of the molecule is COc1ccc(F)cc1C(C)(C)CC(O)(Cc1c#cccc1)C(F)(F)F. The van der Waals surface area contributed by atoms with Gasteiger partial charge in [-0.1, -0.05) is 32.0 Å². The zero-order valence-corrected chi connectivity index (χ0v) is 14.7. The van der Waals surface area contributed by atoms with Gasteiger partial charge in [0, 0.05) is 17.5 Å². The van der Waals surface area contributed by atoms with Gasteiger partial charge in [0.05, 0.1) is 7.11 Å². The van der Waals surface area contributed by atoms with Crippen LogP contribution >= 0.6 is 0 Å². The van der Waals surface area contributed by atoms with Crippen LogP contribution in [-0.4, -0.2) is 24.0 Å². The second kappa shape index (κ2) is 7.16. The van der Waals surface area contributed by atoms with Crippen molar-refractivity contribution in [3.8, 4) is 5.75 Å². The minimum Gasteiger partial charge on any atom is -0.496 e. The van der Waals surface area contributed by atoms with Crippen LogP contribution in [0.25, 0.3) is 0 Å². The van der Waals surface area contributed by atoms with Crippen LogP contribution in [0.5, 0.6) is 5.75 Å². The highest BCUT2D eigenvalue weighted by Gasteiger charge is 2.56. The Morgan fingerprint density at radius 3 is 2.38 bits per heavy atom. The average molecular weight is 368 g/mol. The number of ether oxygens (including phenoxy) is 1. The lowest BCUT2D eigenvalue weighted by Crippen LogP contribution is -2.50. The topological polar surface area (TPSA) is 29.5 Å². The first-order chi connectivity index (χ1) is 12.0. The molecule has 0 aliphatic rings. The van der Waals surface area contributed by atoms with Gasteiger partial charge in [-0.2, -0.15) is 13.2 Å². The average Bonchev–Trinajstić information content (AvgIpc) is 2.54. The highest BCUT2D eigenvalue weighted by Crippen LogP contribution is 2.44. The lowest BCUT2D eigenvalue weighted by molar-refractivity contribution is -0.266. The summed E-state index contributed by atoms with van der Waals surface area (Å²) in [5, 5.41) is 10.5. The number of hydrogen-bond donors (Lipinski definition) is 1. The maximum absolute atomic E-state index is 13.7. The van der Waals surface area contributed by atoms with Crippen LogP contribution in [0, 0.1) is 17.9 Å². The molecule has 0 heterocycles. The molecule has 0 radical (unpaired) electrons. The molecule has 0 spiro atoms. The Morgan fingerprint density at radius 2 is 1.85 bits per heavy atom. The molecule has 1 N–H and O–H groups in total. The van der Waals surface area contributed by atoms with Crippen molar-refractivity contribution in [1.29, 1.82) is 0 Å². The van der Waals surface area contributed by atoms with Gasteiger partial charge in [-0.25, -0.2) is 4.39 Å². The maximum Gasteiger partial charge on any atom is 0.417 e. The van der Waals surface area contributed by atoms with Crippen molar-refractivity contribution in [3.05, 3.63) is 65.5 Å². The molecule has 1 unspecified atom stereocenters. The van der Waals surface area contributed by atoms with Crippen molar-refractivity contribution in [2.45, 2.75) is 43.9 Å². The first-order valence-corrected chi connectivity index (χ1v) is 7.99. The molecule has 0 aliphatic carbocycles. The minimum atomic E-state index is -4.88. The van der Waals surface area contributed by atoms with Crippen molar-refractivity contribution in [2.24, 2.45) is 0 Å². The van der Waals surface area contributed by atoms with E-state index < -0.39 is 35.9 Å². The third-order valence-corrected chi connectivity index (χ3v) is 4.35. The van der Waals surface area contributed by atoms with E-state index in [0.29, 0.717) is 0 Å². The van der Waals surface area contributed by atoms with E-state index in [1.165, 1.54) is 51.3 Å². The molecule has 0 saturated carbocycles. The maximum atomic E-state index is 13.7. The van der Waals surface area contributed by atoms with Crippen LogP contribution in [0.4, 0.5) is 17.6 Å². The van der Waals surface area contributed by atoms with E-state index in [9.17, 15) is 22.7 Å². The van der Waals surface area contributed by atoms with Gasteiger partial charge >= 0.3 is 6.18 Å². The van der Waals surface area contributed by atoms with Gasteiger partial charge in [-0.05, 0) is 42.2 Å². The predicted molar refractivity (Wildman–Crippen MR) is 89.4 cm³/mol. The number of aliphatic hydroxyl groups is 1. The number of benzene rings is 1. The summed E-state index contributed by atoms with van der Waals surface area (Å²) in [6.07, 6.45) is -6.23. The standard InChI is InChI=1S/C20H20F4O2/c1-18(2,16-11-15(21)9-10-17(16)26-3)13-19(25,20(22,23)24)12-14-7-5-4-6-8-14/h4-5,7,9-11,25H,12-13H2,1-3H3. The van der Waals surface area contributed by atoms with Gasteiger partial charge in [-0.3, -0.25) is 0 Å². The Kier molecular flexibility index (Phi) is 5.52. The number of halogens is 4. The summed E-state index contributed by atoms with van der Waals surface area (Å²) >= 11 is 0. The van der Waals surface area contributed by atoms with Crippen LogP contribution in [0.3, 0.4) is 0 Å². The second-order valence-electron chi connectivity index (χ2n) is 6.93. The molecule has 2 aromatic rings. The summed E-state index contributed by atoms with van der Waals surface area (Å²) in [4.78, 5) is 0. The number of hydrogen-bond acceptors (Lipinski definition) is 2. The Morgan fingerprint density at radius 1 is 1.15 bits per heavy atom. The van der Waals surface area contributed by atoms with Crippen LogP contribution in [0.2, 0.25) is 0 Å². The summed E-state index contributed by atoms with van der Waals surface area (Å²) in [6, 6.07) is 13.3. The molecular formula is C20H20F4O2. The lowest BCUT2D eigenvalue weighted by Gasteiger charge is -2.38. The molecule has 0 aromatic heterocycles. The third-order valence-electron chi connectivity index (χ3n) is 4.35. The molecule has 1 atom stereocenters. The molecule has 2 nitrogen and oxygen atoms in total. The van der Waals surface area contributed by atoms with Gasteiger partial charge in [0.2, 0.25) is 0 Å². The van der Waals surface area contributed by atoms with Crippen LogP contribution < -0.4 is 4.74 Å². The van der Waals surface area contributed by atoms with E-state index in [0.717, 1.165) is 6.07 Å². The molecule has 0 amide bonds. The molecule has 0 bridgehead atoms. The van der Waals surface area contributed by atoms with Crippen molar-refractivity contribution in [1.82, 2.24) is 0 Å². The van der Waals surface area contributed by atoms with E-state index in [1.54, 1.807) is 0 Å². The Bertz CT molecular complexity index is 741. The third kappa shape index (κ3) is 4.28. The highest BCUT2D eigenvalue weighted by atomic mass is 19.4. The van der Waals surface area contributed by atoms with E-state index >= 15 is 0 Å². The highest BCUT2D eigenvalue weighted by molar-refractivity contribution is 5.40. The van der Waals surface area contributed by atoms with Crippen molar-refractivity contribution in [2.75, 3.05) is 7.11 Å². The largest absolute Gasteiger partial charge is 0.496 e. The smallest absolute Gasteiger partial charge is 0.417 e. The molecule has 0 aliphatic heterocycles. The fourth-order valence-corrected chi connectivity index (χ4v) is 3.10. The molecule has 0 fully saturated rings. The molecule has 140 valence electrons. The van der Waals surface area contributed by atoms with Crippen LogP contribution in [0.15, 0.2) is 36.4 Å². The lowest BCUT2D eigenvalue weighted by atomic mass is 9.73. The summed E-state index contributed by atoms with van der Waals surface area (Å²) < 4.78 is 60.0. The van der Waals surface area contributed by atoms with Gasteiger partial charge in [-0.15, -0.1) is 0 Å². The monoisotopic (exact) mass is 368 g/mol. The van der Waals surface area contributed by atoms with E-state index in [-0.39, 0.29) is 16.9 Å². The molecule has 0 saturated heterocycles. The molecule has 2 aromatic carbocycles. The Labute approximate surface area is 150 Å². The molecule has 6 heteroatoms. The predicted octanol–water partition coefficient (Wildman–Crippen LogP) is 4.64. The summed E-state index contributed by atoms with van der Waals surface area (Å²) in [6.45, 7) is 3.03. The molecule has 26 heavy (non-hydrogen) atoms. The van der Waals surface area contributed by atoms with Crippen molar-refractivity contribution in [3.63, 3.8) is 0 Å². The van der Waals surface area contributed by atoms with Crippen LogP contribution in [0.1, 0.15) is 31.4 Å². The first-order valence-electron chi connectivity index (χ1n) is 7.99. The number of rotatable bonds is 6. The quantitative estimate of drug-likeness (QED) is 0.753. The zero-order valence-electron chi connectivity index (χ0n) is 14.7. The fraction of sp³-hybridized carbons (Fsp3) is 0.400. The van der Waals surface area contributed by atoms with Gasteiger partial charge in [0.25, 0.3) is 0 Å². The molecule has 2 rings (SSSR count). The van der Waals surface area contributed by atoms with Crippen LogP contribution in [-0.2, 0) is 11.8 Å². The van der Waals surface area contributed by atoms with Gasteiger partial charge < -0.3 is 9.84 Å². The zero-order chi connectivity index (χ0) is 19.6. The Hall–Kier alpha value is -2.26. The van der Waals surface area contributed by atoms with Crippen molar-refractivity contribution < 1.29 is 27.4 Å². The van der Waals surface area contributed by atoms with E-state index in [1.807, 2.05) is 0 Å². The van der Waals surface area contributed by atoms with Crippen molar-refractivity contribution >= 4 is 0 Å². The second-order valence-corrected chi connectivity index (χ2v) is 6.93. The summed E-state index contributed by atoms with van der Waals surface area (Å²) in [7, 11) is 1.36.